The Kier molecular flexibility index (Phi) is 5.51. The van der Waals surface area contributed by atoms with Crippen molar-refractivity contribution in [3.63, 3.8) is 0 Å². The normalized spacial score (nSPS) is 10.3. The van der Waals surface area contributed by atoms with Gasteiger partial charge in [-0.15, -0.1) is 17.0 Å². The molecule has 0 aliphatic carbocycles. The van der Waals surface area contributed by atoms with Crippen LogP contribution in [0.25, 0.3) is 11.1 Å². The van der Waals surface area contributed by atoms with E-state index in [1.807, 2.05) is 18.2 Å². The van der Waals surface area contributed by atoms with Crippen molar-refractivity contribution in [3.05, 3.63) is 64.2 Å². The van der Waals surface area contributed by atoms with Gasteiger partial charge >= 0.3 is 0 Å². The summed E-state index contributed by atoms with van der Waals surface area (Å²) in [6.45, 7) is 0. The fourth-order valence-corrected chi connectivity index (χ4v) is 2.65. The van der Waals surface area contributed by atoms with Crippen LogP contribution in [-0.4, -0.2) is 21.4 Å². The molecule has 3 aromatic rings. The van der Waals surface area contributed by atoms with Crippen LogP contribution in [0, 0.1) is 10.1 Å². The second-order valence-electron chi connectivity index (χ2n) is 4.47. The summed E-state index contributed by atoms with van der Waals surface area (Å²) in [5.74, 6) is -0.107. The average molecular weight is 395 g/mol. The third kappa shape index (κ3) is 3.96. The van der Waals surface area contributed by atoms with E-state index < -0.39 is 4.92 Å². The number of carbonyl (C=O) groups excluding carboxylic acids is 1. The van der Waals surface area contributed by atoms with Gasteiger partial charge in [0.2, 0.25) is 0 Å². The molecule has 0 saturated carbocycles. The highest BCUT2D eigenvalue weighted by Crippen LogP contribution is 2.24. The first kappa shape index (κ1) is 17.2. The number of nitrogens with zero attached hydrogens (tertiary/aromatic N) is 2. The third-order valence-electron chi connectivity index (χ3n) is 2.98. The Morgan fingerprint density at radius 2 is 2.00 bits per heavy atom. The number of hydrogen-bond acceptors (Lipinski definition) is 6. The number of carbonyl (C=O) groups is 1. The van der Waals surface area contributed by atoms with Crippen molar-refractivity contribution in [1.82, 2.24) is 4.98 Å². The minimum atomic E-state index is -0.523. The molecule has 0 aliphatic rings. The van der Waals surface area contributed by atoms with Gasteiger partial charge in [0, 0.05) is 17.7 Å². The topological polar surface area (TPSA) is 86.2 Å². The molecule has 2 aromatic carbocycles. The molecular formula is C15H11BrN2O4S. The van der Waals surface area contributed by atoms with E-state index in [-0.39, 0.29) is 34.2 Å². The molecule has 8 heteroatoms. The first-order valence-corrected chi connectivity index (χ1v) is 7.38. The molecule has 23 heavy (non-hydrogen) atoms. The molecule has 0 saturated heterocycles. The van der Waals surface area contributed by atoms with E-state index in [1.165, 1.54) is 30.0 Å². The van der Waals surface area contributed by atoms with E-state index in [9.17, 15) is 14.9 Å². The smallest absolute Gasteiger partial charge is 0.270 e. The van der Waals surface area contributed by atoms with Gasteiger partial charge in [0.1, 0.15) is 5.52 Å². The second-order valence-corrected chi connectivity index (χ2v) is 5.39. The Hall–Kier alpha value is -2.19. The zero-order valence-electron chi connectivity index (χ0n) is 11.7. The number of para-hydroxylation sites is 2. The number of hydrogen-bond donors (Lipinski definition) is 0. The van der Waals surface area contributed by atoms with Gasteiger partial charge < -0.3 is 4.42 Å². The minimum Gasteiger partial charge on any atom is -0.431 e. The number of aromatic nitrogens is 1. The molecule has 0 atom stereocenters. The number of benzene rings is 2. The van der Waals surface area contributed by atoms with Crippen LogP contribution in [0.3, 0.4) is 0 Å². The quantitative estimate of drug-likeness (QED) is 0.277. The Labute approximate surface area is 145 Å². The maximum absolute atomic E-state index is 12.1. The van der Waals surface area contributed by atoms with Crippen LogP contribution in [0.5, 0.6) is 0 Å². The highest BCUT2D eigenvalue weighted by atomic mass is 79.9. The van der Waals surface area contributed by atoms with E-state index in [1.54, 1.807) is 12.1 Å². The molecule has 6 nitrogen and oxygen atoms in total. The summed E-state index contributed by atoms with van der Waals surface area (Å²) in [5.41, 5.74) is 1.59. The van der Waals surface area contributed by atoms with Crippen LogP contribution in [0.15, 0.2) is 58.2 Å². The highest BCUT2D eigenvalue weighted by molar-refractivity contribution is 8.93. The monoisotopic (exact) mass is 394 g/mol. The molecule has 1 aromatic heterocycles. The fourth-order valence-electron chi connectivity index (χ4n) is 1.92. The number of fused-ring (bicyclic) bond motifs is 1. The number of Topliss-reactive ketones (excluding diaryl/α,β-unsaturated/α-hetero) is 1. The SMILES string of the molecule is Br.O=C(CSc1nc2ccccc2o1)c1cccc([N+](=O)[O-])c1. The lowest BCUT2D eigenvalue weighted by Gasteiger charge is -1.99. The second kappa shape index (κ2) is 7.38. The molecule has 0 spiro atoms. The Bertz CT molecular complexity index is 832. The van der Waals surface area contributed by atoms with Gasteiger partial charge in [0.05, 0.1) is 10.7 Å². The molecule has 0 aliphatic heterocycles. The summed E-state index contributed by atoms with van der Waals surface area (Å²) in [6.07, 6.45) is 0. The number of oxazole rings is 1. The zero-order valence-corrected chi connectivity index (χ0v) is 14.2. The lowest BCUT2D eigenvalue weighted by atomic mass is 10.1. The summed E-state index contributed by atoms with van der Waals surface area (Å²) in [4.78, 5) is 26.6. The van der Waals surface area contributed by atoms with Crippen molar-refractivity contribution in [3.8, 4) is 0 Å². The summed E-state index contributed by atoms with van der Waals surface area (Å²) in [6, 6.07) is 13.0. The summed E-state index contributed by atoms with van der Waals surface area (Å²) in [7, 11) is 0. The van der Waals surface area contributed by atoms with Crippen LogP contribution in [0.2, 0.25) is 0 Å². The number of nitro groups is 1. The van der Waals surface area contributed by atoms with E-state index in [4.69, 9.17) is 4.42 Å². The van der Waals surface area contributed by atoms with Gasteiger partial charge in [-0.25, -0.2) is 4.98 Å². The number of halogens is 1. The molecule has 0 amide bonds. The summed E-state index contributed by atoms with van der Waals surface area (Å²) < 4.78 is 5.51. The largest absolute Gasteiger partial charge is 0.431 e. The number of rotatable bonds is 5. The van der Waals surface area contributed by atoms with Crippen molar-refractivity contribution in [1.29, 1.82) is 0 Å². The van der Waals surface area contributed by atoms with E-state index in [0.29, 0.717) is 16.4 Å². The predicted molar refractivity (Wildman–Crippen MR) is 92.5 cm³/mol. The van der Waals surface area contributed by atoms with Crippen LogP contribution < -0.4 is 0 Å². The molecule has 1 heterocycles. The van der Waals surface area contributed by atoms with Crippen molar-refractivity contribution in [2.75, 3.05) is 5.75 Å². The highest BCUT2D eigenvalue weighted by Gasteiger charge is 2.13. The van der Waals surface area contributed by atoms with Crippen LogP contribution in [0.1, 0.15) is 10.4 Å². The molecule has 0 radical (unpaired) electrons. The molecule has 0 N–H and O–H groups in total. The van der Waals surface area contributed by atoms with Crippen LogP contribution in [0.4, 0.5) is 5.69 Å². The van der Waals surface area contributed by atoms with Gasteiger partial charge in [-0.2, -0.15) is 0 Å². The van der Waals surface area contributed by atoms with E-state index in [0.717, 1.165) is 5.52 Å². The fraction of sp³-hybridized carbons (Fsp3) is 0.0667. The standard InChI is InChI=1S/C15H10N2O4S.BrH/c18-13(10-4-3-5-11(8-10)17(19)20)9-22-15-16-12-6-1-2-7-14(12)21-15;/h1-8H,9H2;1H. The van der Waals surface area contributed by atoms with E-state index in [2.05, 4.69) is 4.98 Å². The van der Waals surface area contributed by atoms with Crippen molar-refractivity contribution >= 4 is 51.3 Å². The van der Waals surface area contributed by atoms with Gasteiger partial charge in [-0.1, -0.05) is 36.0 Å². The molecule has 3 rings (SSSR count). The third-order valence-corrected chi connectivity index (χ3v) is 3.81. The number of ketones is 1. The maximum atomic E-state index is 12.1. The Morgan fingerprint density at radius 1 is 1.22 bits per heavy atom. The van der Waals surface area contributed by atoms with Gasteiger partial charge in [-0.3, -0.25) is 14.9 Å². The number of nitro benzene ring substituents is 1. The lowest BCUT2D eigenvalue weighted by Crippen LogP contribution is -2.03. The van der Waals surface area contributed by atoms with Gasteiger partial charge in [0.25, 0.3) is 10.9 Å². The first-order chi connectivity index (χ1) is 10.6. The van der Waals surface area contributed by atoms with Crippen molar-refractivity contribution in [2.45, 2.75) is 5.22 Å². The molecule has 0 fully saturated rings. The Balaban J connectivity index is 0.00000192. The maximum Gasteiger partial charge on any atom is 0.270 e. The number of thioether (sulfide) groups is 1. The first-order valence-electron chi connectivity index (χ1n) is 6.39. The molecule has 0 unspecified atom stereocenters. The van der Waals surface area contributed by atoms with Crippen LogP contribution >= 0.6 is 28.7 Å². The van der Waals surface area contributed by atoms with Crippen LogP contribution in [-0.2, 0) is 0 Å². The van der Waals surface area contributed by atoms with Gasteiger partial charge in [0.15, 0.2) is 11.4 Å². The number of non-ortho nitro benzene ring substituents is 1. The average Bonchev–Trinajstić information content (AvgIpc) is 2.95. The summed E-state index contributed by atoms with van der Waals surface area (Å²) in [5, 5.41) is 11.1. The molecular weight excluding hydrogens is 384 g/mol. The lowest BCUT2D eigenvalue weighted by molar-refractivity contribution is -0.384. The Morgan fingerprint density at radius 3 is 2.74 bits per heavy atom. The molecule has 118 valence electrons. The predicted octanol–water partition coefficient (Wildman–Crippen LogP) is 4.29. The molecule has 0 bridgehead atoms. The van der Waals surface area contributed by atoms with Crippen molar-refractivity contribution < 1.29 is 14.1 Å². The summed E-state index contributed by atoms with van der Waals surface area (Å²) >= 11 is 1.17. The zero-order chi connectivity index (χ0) is 15.5. The minimum absolute atomic E-state index is 0. The van der Waals surface area contributed by atoms with E-state index >= 15 is 0 Å². The van der Waals surface area contributed by atoms with Gasteiger partial charge in [-0.05, 0) is 12.1 Å². The van der Waals surface area contributed by atoms with Crippen molar-refractivity contribution in [2.24, 2.45) is 0 Å².